The van der Waals surface area contributed by atoms with Crippen LogP contribution >= 0.6 is 11.3 Å². The van der Waals surface area contributed by atoms with Crippen LogP contribution in [0.3, 0.4) is 0 Å². The highest BCUT2D eigenvalue weighted by Gasteiger charge is 2.21. The molecule has 0 saturated heterocycles. The Morgan fingerprint density at radius 3 is 2.90 bits per heavy atom. The zero-order valence-corrected chi connectivity index (χ0v) is 12.3. The maximum Gasteiger partial charge on any atom is 0.265 e. The van der Waals surface area contributed by atoms with Gasteiger partial charge in [0, 0.05) is 12.6 Å². The van der Waals surface area contributed by atoms with E-state index in [1.165, 1.54) is 18.3 Å². The van der Waals surface area contributed by atoms with Gasteiger partial charge < -0.3 is 15.0 Å². The highest BCUT2D eigenvalue weighted by atomic mass is 32.1. The largest absolute Gasteiger partial charge is 0.490 e. The van der Waals surface area contributed by atoms with E-state index in [9.17, 15) is 9.59 Å². The number of ether oxygens (including phenoxy) is 1. The Balaban J connectivity index is 1.86. The number of nitrogens with one attached hydrogen (secondary N) is 1. The van der Waals surface area contributed by atoms with E-state index in [1.807, 2.05) is 11.4 Å². The first-order valence-corrected chi connectivity index (χ1v) is 7.43. The van der Waals surface area contributed by atoms with Crippen molar-refractivity contribution in [2.45, 2.75) is 6.92 Å². The lowest BCUT2D eigenvalue weighted by atomic mass is 10.2. The number of hydrogen-bond acceptors (Lipinski definition) is 4. The third-order valence-corrected chi connectivity index (χ3v) is 4.07. The normalized spacial score (nSPS) is 13.3. The van der Waals surface area contributed by atoms with Gasteiger partial charge in [-0.3, -0.25) is 9.59 Å². The number of amides is 2. The predicted molar refractivity (Wildman–Crippen MR) is 82.2 cm³/mol. The fraction of sp³-hybridized carbons (Fsp3) is 0.200. The number of fused-ring (bicyclic) bond motifs is 1. The van der Waals surface area contributed by atoms with Crippen LogP contribution in [0.15, 0.2) is 35.7 Å². The van der Waals surface area contributed by atoms with Crippen molar-refractivity contribution >= 4 is 34.5 Å². The van der Waals surface area contributed by atoms with Crippen molar-refractivity contribution in [3.05, 3.63) is 40.6 Å². The molecule has 6 heteroatoms. The van der Waals surface area contributed by atoms with Gasteiger partial charge in [-0.2, -0.15) is 0 Å². The third-order valence-electron chi connectivity index (χ3n) is 3.21. The first-order chi connectivity index (χ1) is 10.1. The highest BCUT2D eigenvalue weighted by Crippen LogP contribution is 2.34. The minimum Gasteiger partial charge on any atom is -0.490 e. The molecular weight excluding hydrogens is 288 g/mol. The zero-order valence-electron chi connectivity index (χ0n) is 11.5. The average molecular weight is 302 g/mol. The van der Waals surface area contributed by atoms with E-state index in [4.69, 9.17) is 4.74 Å². The van der Waals surface area contributed by atoms with E-state index in [2.05, 4.69) is 5.32 Å². The van der Waals surface area contributed by atoms with Crippen molar-refractivity contribution in [1.29, 1.82) is 0 Å². The Morgan fingerprint density at radius 2 is 2.19 bits per heavy atom. The summed E-state index contributed by atoms with van der Waals surface area (Å²) in [7, 11) is 0. The molecule has 0 spiro atoms. The molecule has 0 radical (unpaired) electrons. The second kappa shape index (κ2) is 5.57. The number of nitrogens with zero attached hydrogens (tertiary/aromatic N) is 1. The Hall–Kier alpha value is -2.34. The Labute approximate surface area is 126 Å². The second-order valence-electron chi connectivity index (χ2n) is 4.63. The highest BCUT2D eigenvalue weighted by molar-refractivity contribution is 7.12. The second-order valence-corrected chi connectivity index (χ2v) is 5.58. The van der Waals surface area contributed by atoms with Crippen molar-refractivity contribution in [2.75, 3.05) is 23.4 Å². The van der Waals surface area contributed by atoms with Gasteiger partial charge in [0.1, 0.15) is 12.4 Å². The van der Waals surface area contributed by atoms with Gasteiger partial charge in [-0.05, 0) is 29.6 Å². The summed E-state index contributed by atoms with van der Waals surface area (Å²) < 4.78 is 5.53. The van der Waals surface area contributed by atoms with Gasteiger partial charge >= 0.3 is 0 Å². The summed E-state index contributed by atoms with van der Waals surface area (Å²) in [4.78, 5) is 26.0. The summed E-state index contributed by atoms with van der Waals surface area (Å²) >= 11 is 1.38. The number of thiophene rings is 1. The first kappa shape index (κ1) is 13.6. The van der Waals surface area contributed by atoms with Crippen LogP contribution in [0.2, 0.25) is 0 Å². The molecule has 108 valence electrons. The zero-order chi connectivity index (χ0) is 14.8. The van der Waals surface area contributed by atoms with Crippen molar-refractivity contribution in [2.24, 2.45) is 0 Å². The van der Waals surface area contributed by atoms with Crippen LogP contribution < -0.4 is 15.0 Å². The van der Waals surface area contributed by atoms with Crippen molar-refractivity contribution in [3.63, 3.8) is 0 Å². The molecule has 0 bridgehead atoms. The molecular formula is C15H14N2O3S. The third kappa shape index (κ3) is 2.75. The molecule has 0 unspecified atom stereocenters. The molecule has 1 aliphatic heterocycles. The summed E-state index contributed by atoms with van der Waals surface area (Å²) in [6, 6.07) is 8.91. The average Bonchev–Trinajstić information content (AvgIpc) is 3.00. The van der Waals surface area contributed by atoms with Crippen LogP contribution in [0.4, 0.5) is 11.4 Å². The molecule has 1 N–H and O–H groups in total. The van der Waals surface area contributed by atoms with Gasteiger partial charge in [0.25, 0.3) is 5.91 Å². The molecule has 1 aromatic carbocycles. The summed E-state index contributed by atoms with van der Waals surface area (Å²) in [6.07, 6.45) is 0. The fourth-order valence-corrected chi connectivity index (χ4v) is 2.84. The fourth-order valence-electron chi connectivity index (χ4n) is 2.22. The maximum atomic E-state index is 12.0. The molecule has 3 rings (SSSR count). The van der Waals surface area contributed by atoms with E-state index in [-0.39, 0.29) is 11.8 Å². The molecule has 2 amide bonds. The van der Waals surface area contributed by atoms with Crippen molar-refractivity contribution in [3.8, 4) is 5.75 Å². The van der Waals surface area contributed by atoms with Crippen LogP contribution in [-0.4, -0.2) is 25.0 Å². The summed E-state index contributed by atoms with van der Waals surface area (Å²) in [5, 5.41) is 4.69. The molecule has 21 heavy (non-hydrogen) atoms. The van der Waals surface area contributed by atoms with Crippen LogP contribution in [0, 0.1) is 0 Å². The lowest BCUT2D eigenvalue weighted by Crippen LogP contribution is -2.36. The van der Waals surface area contributed by atoms with E-state index in [0.717, 1.165) is 0 Å². The van der Waals surface area contributed by atoms with E-state index >= 15 is 0 Å². The number of benzene rings is 1. The van der Waals surface area contributed by atoms with Gasteiger partial charge in [0.15, 0.2) is 0 Å². The number of anilines is 2. The van der Waals surface area contributed by atoms with Crippen LogP contribution in [0.5, 0.6) is 5.75 Å². The summed E-state index contributed by atoms with van der Waals surface area (Å²) in [6.45, 7) is 2.52. The summed E-state index contributed by atoms with van der Waals surface area (Å²) in [5.74, 6) is 0.461. The molecule has 0 saturated carbocycles. The first-order valence-electron chi connectivity index (χ1n) is 6.55. The standard InChI is InChI=1S/C15H14N2O3S/c1-10(18)17-6-7-20-13-5-4-11(9-12(13)17)16-15(19)14-3-2-8-21-14/h2-5,8-9H,6-7H2,1H3,(H,16,19). The number of carbonyl (C=O) groups excluding carboxylic acids is 2. The topological polar surface area (TPSA) is 58.6 Å². The molecule has 5 nitrogen and oxygen atoms in total. The molecule has 0 aliphatic carbocycles. The van der Waals surface area contributed by atoms with Crippen LogP contribution in [-0.2, 0) is 4.79 Å². The summed E-state index contributed by atoms with van der Waals surface area (Å²) in [5.41, 5.74) is 1.33. The molecule has 1 aromatic heterocycles. The minimum absolute atomic E-state index is 0.0405. The molecule has 0 atom stereocenters. The van der Waals surface area contributed by atoms with Crippen molar-refractivity contribution < 1.29 is 14.3 Å². The van der Waals surface area contributed by atoms with E-state index < -0.39 is 0 Å². The Bertz CT molecular complexity index is 682. The lowest BCUT2D eigenvalue weighted by molar-refractivity contribution is -0.116. The van der Waals surface area contributed by atoms with Gasteiger partial charge in [0.05, 0.1) is 17.1 Å². The van der Waals surface area contributed by atoms with Crippen molar-refractivity contribution in [1.82, 2.24) is 0 Å². The smallest absolute Gasteiger partial charge is 0.265 e. The van der Waals surface area contributed by atoms with Crippen LogP contribution in [0.25, 0.3) is 0 Å². The number of hydrogen-bond donors (Lipinski definition) is 1. The molecule has 2 aromatic rings. The Morgan fingerprint density at radius 1 is 1.33 bits per heavy atom. The maximum absolute atomic E-state index is 12.0. The number of carbonyl (C=O) groups is 2. The lowest BCUT2D eigenvalue weighted by Gasteiger charge is -2.29. The van der Waals surface area contributed by atoms with Gasteiger partial charge in [-0.1, -0.05) is 6.07 Å². The van der Waals surface area contributed by atoms with Gasteiger partial charge in [-0.25, -0.2) is 0 Å². The van der Waals surface area contributed by atoms with Gasteiger partial charge in [-0.15, -0.1) is 11.3 Å². The number of rotatable bonds is 2. The monoisotopic (exact) mass is 302 g/mol. The van der Waals surface area contributed by atoms with E-state index in [0.29, 0.717) is 35.2 Å². The molecule has 0 fully saturated rings. The van der Waals surface area contributed by atoms with Gasteiger partial charge in [0.2, 0.25) is 5.91 Å². The Kier molecular flexibility index (Phi) is 3.62. The van der Waals surface area contributed by atoms with Crippen LogP contribution in [0.1, 0.15) is 16.6 Å². The van der Waals surface area contributed by atoms with E-state index in [1.54, 1.807) is 29.2 Å². The molecule has 1 aliphatic rings. The molecule has 2 heterocycles. The minimum atomic E-state index is -0.156. The quantitative estimate of drug-likeness (QED) is 0.928. The SMILES string of the molecule is CC(=O)N1CCOc2ccc(NC(=O)c3cccs3)cc21. The predicted octanol–water partition coefficient (Wildman–Crippen LogP) is 2.75.